The summed E-state index contributed by atoms with van der Waals surface area (Å²) in [5.41, 5.74) is -0.341. The molecule has 3 heteroatoms. The number of esters is 1. The molecule has 2 rings (SSSR count). The van der Waals surface area contributed by atoms with E-state index in [1.807, 2.05) is 0 Å². The molecular formula is C11H18O3. The molecule has 0 aromatic rings. The van der Waals surface area contributed by atoms with E-state index in [4.69, 9.17) is 4.74 Å². The number of methoxy groups -OCH3 is 1. The summed E-state index contributed by atoms with van der Waals surface area (Å²) in [6.07, 6.45) is 5.37. The Morgan fingerprint density at radius 1 is 1.50 bits per heavy atom. The van der Waals surface area contributed by atoms with Crippen LogP contribution in [0, 0.1) is 11.3 Å². The van der Waals surface area contributed by atoms with E-state index in [9.17, 15) is 9.90 Å². The molecule has 0 aliphatic heterocycles. The van der Waals surface area contributed by atoms with Crippen molar-refractivity contribution in [2.75, 3.05) is 7.11 Å². The summed E-state index contributed by atoms with van der Waals surface area (Å²) in [5.74, 6) is 0.262. The third kappa shape index (κ3) is 1.34. The molecule has 2 aliphatic rings. The number of hydrogen-bond donors (Lipinski definition) is 1. The maximum atomic E-state index is 11.8. The number of carbonyl (C=O) groups excluding carboxylic acids is 1. The van der Waals surface area contributed by atoms with Crippen LogP contribution in [0.3, 0.4) is 0 Å². The zero-order valence-corrected chi connectivity index (χ0v) is 8.66. The summed E-state index contributed by atoms with van der Waals surface area (Å²) in [6, 6.07) is 0. The fourth-order valence-corrected chi connectivity index (χ4v) is 3.31. The van der Waals surface area contributed by atoms with E-state index in [1.54, 1.807) is 0 Å². The van der Waals surface area contributed by atoms with Gasteiger partial charge in [-0.05, 0) is 31.6 Å². The van der Waals surface area contributed by atoms with Crippen LogP contribution in [0.25, 0.3) is 0 Å². The van der Waals surface area contributed by atoms with E-state index < -0.39 is 0 Å². The second kappa shape index (κ2) is 3.54. The Hall–Kier alpha value is -0.570. The normalized spacial score (nSPS) is 41.9. The van der Waals surface area contributed by atoms with Gasteiger partial charge >= 0.3 is 5.97 Å². The molecule has 0 saturated heterocycles. The molecule has 2 aliphatic carbocycles. The first-order valence-electron chi connectivity index (χ1n) is 5.45. The van der Waals surface area contributed by atoms with Gasteiger partial charge in [0.05, 0.1) is 18.6 Å². The quantitative estimate of drug-likeness (QED) is 0.649. The topological polar surface area (TPSA) is 46.5 Å². The van der Waals surface area contributed by atoms with E-state index in [-0.39, 0.29) is 17.5 Å². The molecule has 14 heavy (non-hydrogen) atoms. The highest BCUT2D eigenvalue weighted by Gasteiger charge is 2.53. The Bertz CT molecular complexity index is 239. The van der Waals surface area contributed by atoms with E-state index in [1.165, 1.54) is 13.5 Å². The van der Waals surface area contributed by atoms with Crippen molar-refractivity contribution in [3.63, 3.8) is 0 Å². The number of ether oxygens (including phenoxy) is 1. The van der Waals surface area contributed by atoms with Crippen LogP contribution >= 0.6 is 0 Å². The van der Waals surface area contributed by atoms with Crippen molar-refractivity contribution in [2.24, 2.45) is 11.3 Å². The smallest absolute Gasteiger partial charge is 0.312 e. The van der Waals surface area contributed by atoms with E-state index in [0.29, 0.717) is 12.3 Å². The molecule has 0 aromatic heterocycles. The van der Waals surface area contributed by atoms with Crippen molar-refractivity contribution in [3.05, 3.63) is 0 Å². The zero-order valence-electron chi connectivity index (χ0n) is 8.66. The van der Waals surface area contributed by atoms with Gasteiger partial charge in [-0.1, -0.05) is 12.8 Å². The molecule has 0 bridgehead atoms. The predicted molar refractivity (Wildman–Crippen MR) is 51.6 cm³/mol. The van der Waals surface area contributed by atoms with Gasteiger partial charge in [-0.25, -0.2) is 0 Å². The summed E-state index contributed by atoms with van der Waals surface area (Å²) >= 11 is 0. The van der Waals surface area contributed by atoms with Crippen molar-refractivity contribution < 1.29 is 14.6 Å². The monoisotopic (exact) mass is 198 g/mol. The molecule has 3 atom stereocenters. The van der Waals surface area contributed by atoms with E-state index in [0.717, 1.165) is 25.7 Å². The van der Waals surface area contributed by atoms with Crippen LogP contribution < -0.4 is 0 Å². The lowest BCUT2D eigenvalue weighted by molar-refractivity contribution is -0.157. The predicted octanol–water partition coefficient (Wildman–Crippen LogP) is 1.49. The minimum Gasteiger partial charge on any atom is -0.469 e. The summed E-state index contributed by atoms with van der Waals surface area (Å²) in [5, 5.41) is 9.66. The second-order valence-electron chi connectivity index (χ2n) is 4.68. The highest BCUT2D eigenvalue weighted by Crippen LogP contribution is 2.52. The average Bonchev–Trinajstić information content (AvgIpc) is 2.53. The summed E-state index contributed by atoms with van der Waals surface area (Å²) < 4.78 is 4.89. The first kappa shape index (κ1) is 9.97. The highest BCUT2D eigenvalue weighted by atomic mass is 16.5. The van der Waals surface area contributed by atoms with Gasteiger partial charge in [0.15, 0.2) is 0 Å². The molecule has 2 saturated carbocycles. The third-order valence-corrected chi connectivity index (χ3v) is 3.96. The van der Waals surface area contributed by atoms with Crippen LogP contribution in [0.15, 0.2) is 0 Å². The minimum atomic E-state index is -0.341. The lowest BCUT2D eigenvalue weighted by Crippen LogP contribution is -2.38. The van der Waals surface area contributed by atoms with Gasteiger partial charge in [-0.3, -0.25) is 4.79 Å². The molecular weight excluding hydrogens is 180 g/mol. The zero-order chi connectivity index (χ0) is 10.2. The number of carbonyl (C=O) groups is 1. The maximum absolute atomic E-state index is 11.8. The van der Waals surface area contributed by atoms with Crippen molar-refractivity contribution in [3.8, 4) is 0 Å². The Labute approximate surface area is 84.4 Å². The molecule has 3 unspecified atom stereocenters. The van der Waals surface area contributed by atoms with Gasteiger partial charge in [0.2, 0.25) is 0 Å². The van der Waals surface area contributed by atoms with Gasteiger partial charge < -0.3 is 9.84 Å². The number of hydrogen-bond acceptors (Lipinski definition) is 3. The SMILES string of the molecule is COC(=O)C12CCCCC1CC(O)C2. The van der Waals surface area contributed by atoms with Gasteiger partial charge in [0.1, 0.15) is 0 Å². The number of fused-ring (bicyclic) bond motifs is 1. The van der Waals surface area contributed by atoms with Crippen LogP contribution in [0.5, 0.6) is 0 Å². The number of aliphatic hydroxyl groups excluding tert-OH is 1. The lowest BCUT2D eigenvalue weighted by Gasteiger charge is -2.36. The molecule has 0 heterocycles. The van der Waals surface area contributed by atoms with Crippen molar-refractivity contribution in [1.29, 1.82) is 0 Å². The van der Waals surface area contributed by atoms with E-state index in [2.05, 4.69) is 0 Å². The van der Waals surface area contributed by atoms with Gasteiger partial charge in [0, 0.05) is 0 Å². The maximum Gasteiger partial charge on any atom is 0.312 e. The van der Waals surface area contributed by atoms with Crippen LogP contribution in [0.2, 0.25) is 0 Å². The Morgan fingerprint density at radius 2 is 2.29 bits per heavy atom. The van der Waals surface area contributed by atoms with Crippen molar-refractivity contribution in [1.82, 2.24) is 0 Å². The highest BCUT2D eigenvalue weighted by molar-refractivity contribution is 5.77. The largest absolute Gasteiger partial charge is 0.469 e. The second-order valence-corrected chi connectivity index (χ2v) is 4.68. The molecule has 1 N–H and O–H groups in total. The average molecular weight is 198 g/mol. The molecule has 0 radical (unpaired) electrons. The lowest BCUT2D eigenvalue weighted by atomic mass is 9.68. The third-order valence-electron chi connectivity index (χ3n) is 3.96. The van der Waals surface area contributed by atoms with Gasteiger partial charge in [-0.2, -0.15) is 0 Å². The molecule has 0 aromatic carbocycles. The summed E-state index contributed by atoms with van der Waals surface area (Å²) in [4.78, 5) is 11.8. The standard InChI is InChI=1S/C11H18O3/c1-14-10(13)11-5-3-2-4-8(11)6-9(12)7-11/h8-9,12H,2-7H2,1H3. The first-order chi connectivity index (χ1) is 6.69. The molecule has 80 valence electrons. The van der Waals surface area contributed by atoms with Gasteiger partial charge in [-0.15, -0.1) is 0 Å². The fourth-order valence-electron chi connectivity index (χ4n) is 3.31. The Kier molecular flexibility index (Phi) is 2.52. The van der Waals surface area contributed by atoms with Crippen LogP contribution in [-0.4, -0.2) is 24.3 Å². The fraction of sp³-hybridized carbons (Fsp3) is 0.909. The van der Waals surface area contributed by atoms with E-state index >= 15 is 0 Å². The molecule has 0 spiro atoms. The van der Waals surface area contributed by atoms with Gasteiger partial charge in [0.25, 0.3) is 0 Å². The molecule has 0 amide bonds. The minimum absolute atomic E-state index is 0.0984. The van der Waals surface area contributed by atoms with Crippen LogP contribution in [-0.2, 0) is 9.53 Å². The molecule has 2 fully saturated rings. The van der Waals surface area contributed by atoms with Crippen LogP contribution in [0.4, 0.5) is 0 Å². The number of rotatable bonds is 1. The Balaban J connectivity index is 2.23. The van der Waals surface area contributed by atoms with Crippen molar-refractivity contribution >= 4 is 5.97 Å². The first-order valence-corrected chi connectivity index (χ1v) is 5.45. The summed E-state index contributed by atoms with van der Waals surface area (Å²) in [7, 11) is 1.45. The molecule has 3 nitrogen and oxygen atoms in total. The Morgan fingerprint density at radius 3 is 3.00 bits per heavy atom. The van der Waals surface area contributed by atoms with Crippen molar-refractivity contribution in [2.45, 2.75) is 44.6 Å². The number of aliphatic hydroxyl groups is 1. The summed E-state index contributed by atoms with van der Waals surface area (Å²) in [6.45, 7) is 0. The van der Waals surface area contributed by atoms with Crippen LogP contribution in [0.1, 0.15) is 38.5 Å².